The maximum absolute atomic E-state index is 2.25. The molecule has 4 aromatic carbocycles. The molecule has 0 saturated carbocycles. The molecule has 0 heterocycles. The van der Waals surface area contributed by atoms with Gasteiger partial charge in [-0.15, -0.1) is 0 Å². The van der Waals surface area contributed by atoms with Crippen molar-refractivity contribution in [3.8, 4) is 11.1 Å². The quantitative estimate of drug-likeness (QED) is 0.387. The number of rotatable bonds is 1. The van der Waals surface area contributed by atoms with Crippen LogP contribution in [-0.2, 0) is 12.8 Å². The lowest BCUT2D eigenvalue weighted by atomic mass is 10.1. The van der Waals surface area contributed by atoms with Crippen LogP contribution in [0.3, 0.4) is 0 Å². The van der Waals surface area contributed by atoms with Crippen molar-refractivity contribution in [1.29, 1.82) is 0 Å². The first kappa shape index (κ1) is 14.7. The largest absolute Gasteiger partial charge is 0.0622 e. The van der Waals surface area contributed by atoms with Gasteiger partial charge in [-0.2, -0.15) is 0 Å². The van der Waals surface area contributed by atoms with Gasteiger partial charge in [-0.05, 0) is 45.9 Å². The molecule has 0 aliphatic heterocycles. The molecule has 0 aromatic heterocycles. The van der Waals surface area contributed by atoms with Crippen molar-refractivity contribution in [3.63, 3.8) is 0 Å². The van der Waals surface area contributed by atoms with E-state index in [2.05, 4.69) is 84.9 Å². The molecule has 0 nitrogen and oxygen atoms in total. The Morgan fingerprint density at radius 2 is 0.875 bits per heavy atom. The zero-order valence-corrected chi connectivity index (χ0v) is 13.7. The highest BCUT2D eigenvalue weighted by molar-refractivity contribution is 5.90. The zero-order chi connectivity index (χ0) is 16.2. The topological polar surface area (TPSA) is 0 Å². The molecule has 5 rings (SSSR count). The van der Waals surface area contributed by atoms with Crippen LogP contribution in [-0.4, -0.2) is 0 Å². The summed E-state index contributed by atoms with van der Waals surface area (Å²) in [6.07, 6.45) is 2.47. The lowest BCUT2D eigenvalue weighted by Crippen LogP contribution is -1.76. The second kappa shape index (κ2) is 6.72. The molecule has 0 atom stereocenters. The lowest BCUT2D eigenvalue weighted by Gasteiger charge is -1.99. The first-order valence-electron chi connectivity index (χ1n) is 8.52. The fourth-order valence-corrected chi connectivity index (χ4v) is 3.45. The maximum atomic E-state index is 2.25. The minimum Gasteiger partial charge on any atom is -0.0622 e. The van der Waals surface area contributed by atoms with Gasteiger partial charge >= 0.3 is 0 Å². The summed E-state index contributed by atoms with van der Waals surface area (Å²) in [4.78, 5) is 0. The number of aryl methyl sites for hydroxylation is 2. The van der Waals surface area contributed by atoms with Gasteiger partial charge in [0.25, 0.3) is 0 Å². The van der Waals surface area contributed by atoms with Crippen molar-refractivity contribution in [2.75, 3.05) is 0 Å². The van der Waals surface area contributed by atoms with Gasteiger partial charge in [-0.1, -0.05) is 97.1 Å². The Hall–Kier alpha value is -2.86. The van der Waals surface area contributed by atoms with E-state index in [1.807, 2.05) is 12.1 Å². The first-order valence-corrected chi connectivity index (χ1v) is 8.52. The Labute approximate surface area is 143 Å². The van der Waals surface area contributed by atoms with Gasteiger partial charge in [0.15, 0.2) is 0 Å². The van der Waals surface area contributed by atoms with Crippen LogP contribution in [0.1, 0.15) is 11.1 Å². The highest BCUT2D eigenvalue weighted by Gasteiger charge is 2.11. The Morgan fingerprint density at radius 3 is 1.33 bits per heavy atom. The summed E-state index contributed by atoms with van der Waals surface area (Å²) in [6.45, 7) is 0. The maximum Gasteiger partial charge on any atom is -0.0120 e. The van der Waals surface area contributed by atoms with Crippen LogP contribution in [0.5, 0.6) is 0 Å². The van der Waals surface area contributed by atoms with Crippen LogP contribution >= 0.6 is 0 Å². The monoisotopic (exact) mass is 308 g/mol. The van der Waals surface area contributed by atoms with Crippen molar-refractivity contribution in [2.45, 2.75) is 12.8 Å². The molecule has 4 aromatic rings. The average Bonchev–Trinajstić information content (AvgIpc) is 3.10. The fourth-order valence-electron chi connectivity index (χ4n) is 3.45. The van der Waals surface area contributed by atoms with Crippen molar-refractivity contribution >= 4 is 10.8 Å². The second-order valence-electron chi connectivity index (χ2n) is 6.16. The first-order chi connectivity index (χ1) is 11.9. The molecular formula is C24H20. The summed E-state index contributed by atoms with van der Waals surface area (Å²) in [5, 5.41) is 2.92. The van der Waals surface area contributed by atoms with Crippen molar-refractivity contribution < 1.29 is 0 Å². The number of hydrogen-bond donors (Lipinski definition) is 0. The summed E-state index contributed by atoms with van der Waals surface area (Å²) in [7, 11) is 0. The van der Waals surface area contributed by atoms with Crippen molar-refractivity contribution in [3.05, 3.63) is 108 Å². The van der Waals surface area contributed by atoms with Crippen molar-refractivity contribution in [1.82, 2.24) is 0 Å². The third-order valence-electron chi connectivity index (χ3n) is 4.62. The minimum absolute atomic E-state index is 1.23. The van der Waals surface area contributed by atoms with Crippen LogP contribution < -0.4 is 0 Å². The van der Waals surface area contributed by atoms with Crippen LogP contribution in [0, 0.1) is 0 Å². The van der Waals surface area contributed by atoms with Gasteiger partial charge in [0, 0.05) is 0 Å². The second-order valence-corrected chi connectivity index (χ2v) is 6.16. The smallest absolute Gasteiger partial charge is 0.0120 e. The molecule has 0 spiro atoms. The van der Waals surface area contributed by atoms with Crippen LogP contribution in [0.25, 0.3) is 21.9 Å². The van der Waals surface area contributed by atoms with Gasteiger partial charge in [0.2, 0.25) is 0 Å². The van der Waals surface area contributed by atoms with E-state index in [1.54, 1.807) is 0 Å². The number of hydrogen-bond acceptors (Lipinski definition) is 0. The van der Waals surface area contributed by atoms with Gasteiger partial charge in [-0.25, -0.2) is 0 Å². The fraction of sp³-hybridized carbons (Fsp3) is 0.0833. The molecule has 0 bridgehead atoms. The molecule has 0 radical (unpaired) electrons. The summed E-state index contributed by atoms with van der Waals surface area (Å²) in [5.41, 5.74) is 5.61. The van der Waals surface area contributed by atoms with E-state index in [9.17, 15) is 0 Å². The molecular weight excluding hydrogens is 288 g/mol. The van der Waals surface area contributed by atoms with E-state index in [1.165, 1.54) is 45.9 Å². The lowest BCUT2D eigenvalue weighted by molar-refractivity contribution is 1.02. The standard InChI is InChI=1S/2C12H10/c1-3-9-4-2-6-11-8-7-10(5-1)12(9)11;1-3-7-11(8-4-1)12-9-5-2-6-10-12/h1-6H,7-8H2;1-10H. The minimum atomic E-state index is 1.23. The Balaban J connectivity index is 0.000000121. The summed E-state index contributed by atoms with van der Waals surface area (Å²) in [6, 6.07) is 34.0. The van der Waals surface area contributed by atoms with Gasteiger partial charge in [0.05, 0.1) is 0 Å². The highest BCUT2D eigenvalue weighted by Crippen LogP contribution is 2.29. The third kappa shape index (κ3) is 2.96. The van der Waals surface area contributed by atoms with E-state index < -0.39 is 0 Å². The SMILES string of the molecule is c1cc2c3c(cccc3c1)CC2.c1ccc(-c2ccccc2)cc1. The third-order valence-corrected chi connectivity index (χ3v) is 4.62. The van der Waals surface area contributed by atoms with Crippen LogP contribution in [0.15, 0.2) is 97.1 Å². The number of benzene rings is 4. The van der Waals surface area contributed by atoms with Gasteiger partial charge in [0.1, 0.15) is 0 Å². The average molecular weight is 308 g/mol. The van der Waals surface area contributed by atoms with E-state index in [0.29, 0.717) is 0 Å². The van der Waals surface area contributed by atoms with Gasteiger partial charge < -0.3 is 0 Å². The molecule has 1 aliphatic carbocycles. The molecule has 24 heavy (non-hydrogen) atoms. The summed E-state index contributed by atoms with van der Waals surface area (Å²) >= 11 is 0. The molecule has 116 valence electrons. The Morgan fingerprint density at radius 1 is 0.417 bits per heavy atom. The van der Waals surface area contributed by atoms with E-state index in [-0.39, 0.29) is 0 Å². The zero-order valence-electron chi connectivity index (χ0n) is 13.7. The highest BCUT2D eigenvalue weighted by atomic mass is 14.2. The molecule has 0 N–H and O–H groups in total. The normalized spacial score (nSPS) is 11.8. The van der Waals surface area contributed by atoms with E-state index in [0.717, 1.165) is 0 Å². The molecule has 0 fully saturated rings. The summed E-state index contributed by atoms with van der Waals surface area (Å²) in [5.74, 6) is 0. The van der Waals surface area contributed by atoms with E-state index >= 15 is 0 Å². The van der Waals surface area contributed by atoms with Gasteiger partial charge in [-0.3, -0.25) is 0 Å². The molecule has 0 saturated heterocycles. The molecule has 0 heteroatoms. The molecule has 0 amide bonds. The Kier molecular flexibility index (Phi) is 4.12. The van der Waals surface area contributed by atoms with Crippen LogP contribution in [0.2, 0.25) is 0 Å². The van der Waals surface area contributed by atoms with Crippen molar-refractivity contribution in [2.24, 2.45) is 0 Å². The Bertz CT molecular complexity index is 861. The van der Waals surface area contributed by atoms with Crippen LogP contribution in [0.4, 0.5) is 0 Å². The van der Waals surface area contributed by atoms with E-state index in [4.69, 9.17) is 0 Å². The predicted octanol–water partition coefficient (Wildman–Crippen LogP) is 6.29. The molecule has 1 aliphatic rings. The molecule has 0 unspecified atom stereocenters. The predicted molar refractivity (Wildman–Crippen MR) is 103 cm³/mol. The summed E-state index contributed by atoms with van der Waals surface area (Å²) < 4.78 is 0.